The topological polar surface area (TPSA) is 24.5 Å². The summed E-state index contributed by atoms with van der Waals surface area (Å²) in [5, 5.41) is 3.47. The first-order valence-corrected chi connectivity index (χ1v) is 7.20. The zero-order valence-corrected chi connectivity index (χ0v) is 12.5. The van der Waals surface area contributed by atoms with Gasteiger partial charge in [-0.2, -0.15) is 0 Å². The zero-order valence-electron chi connectivity index (χ0n) is 12.5. The Balaban J connectivity index is 1.98. The minimum Gasteiger partial charge on any atom is -0.377 e. The van der Waals surface area contributed by atoms with Gasteiger partial charge in [0, 0.05) is 18.6 Å². The molecule has 1 aliphatic carbocycles. The molecule has 0 spiro atoms. The van der Waals surface area contributed by atoms with Crippen LogP contribution < -0.4 is 5.32 Å². The van der Waals surface area contributed by atoms with Crippen LogP contribution in [-0.4, -0.2) is 44.3 Å². The second-order valence-corrected chi connectivity index (χ2v) is 5.64. The molecule has 0 heterocycles. The fraction of sp³-hybridized carbons (Fsp3) is 0.625. The first kappa shape index (κ1) is 14.5. The summed E-state index contributed by atoms with van der Waals surface area (Å²) in [5.74, 6) is 0. The molecule has 2 unspecified atom stereocenters. The quantitative estimate of drug-likeness (QED) is 0.851. The number of hydrogen-bond donors (Lipinski definition) is 1. The number of fused-ring (bicyclic) bond motifs is 1. The molecule has 0 saturated carbocycles. The molecule has 2 atom stereocenters. The van der Waals surface area contributed by atoms with Crippen LogP contribution in [0.25, 0.3) is 0 Å². The van der Waals surface area contributed by atoms with Crippen molar-refractivity contribution < 1.29 is 4.74 Å². The van der Waals surface area contributed by atoms with Crippen LogP contribution in [0.15, 0.2) is 24.3 Å². The summed E-state index contributed by atoms with van der Waals surface area (Å²) in [6, 6.07) is 9.72. The summed E-state index contributed by atoms with van der Waals surface area (Å²) in [5.41, 5.74) is 2.93. The molecule has 106 valence electrons. The molecule has 1 aromatic rings. The Bertz CT molecular complexity index is 405. The number of ether oxygens (including phenoxy) is 1. The van der Waals surface area contributed by atoms with Crippen molar-refractivity contribution in [1.29, 1.82) is 0 Å². The van der Waals surface area contributed by atoms with Crippen molar-refractivity contribution in [3.05, 3.63) is 35.4 Å². The average Bonchev–Trinajstić information content (AvgIpc) is 2.76. The van der Waals surface area contributed by atoms with Gasteiger partial charge in [-0.15, -0.1) is 0 Å². The maximum Gasteiger partial charge on any atom is 0.0596 e. The molecule has 1 N–H and O–H groups in total. The average molecular weight is 262 g/mol. The normalized spacial score (nSPS) is 22.2. The third-order valence-electron chi connectivity index (χ3n) is 3.98. The Morgan fingerprint density at radius 3 is 2.79 bits per heavy atom. The Kier molecular flexibility index (Phi) is 4.97. The van der Waals surface area contributed by atoms with Gasteiger partial charge in [0.25, 0.3) is 0 Å². The highest BCUT2D eigenvalue weighted by Crippen LogP contribution is 2.33. The van der Waals surface area contributed by atoms with Crippen molar-refractivity contribution in [2.45, 2.75) is 38.5 Å². The van der Waals surface area contributed by atoms with Crippen LogP contribution in [0.4, 0.5) is 0 Å². The van der Waals surface area contributed by atoms with Gasteiger partial charge in [0.1, 0.15) is 0 Å². The van der Waals surface area contributed by atoms with Crippen LogP contribution in [0.5, 0.6) is 0 Å². The molecule has 3 heteroatoms. The monoisotopic (exact) mass is 262 g/mol. The molecule has 0 radical (unpaired) electrons. The molecule has 0 aliphatic heterocycles. The van der Waals surface area contributed by atoms with E-state index in [1.54, 1.807) is 0 Å². The molecular formula is C16H26N2O. The molecule has 0 fully saturated rings. The molecule has 2 rings (SSSR count). The number of hydrogen-bond acceptors (Lipinski definition) is 3. The van der Waals surface area contributed by atoms with Gasteiger partial charge in [0.15, 0.2) is 0 Å². The number of nitrogens with one attached hydrogen (secondary N) is 1. The van der Waals surface area contributed by atoms with Crippen molar-refractivity contribution in [3.8, 4) is 0 Å². The Morgan fingerprint density at radius 1 is 1.37 bits per heavy atom. The summed E-state index contributed by atoms with van der Waals surface area (Å²) in [6.45, 7) is 5.95. The van der Waals surface area contributed by atoms with Gasteiger partial charge in [-0.3, -0.25) is 4.90 Å². The zero-order chi connectivity index (χ0) is 13.8. The minimum absolute atomic E-state index is 0.314. The molecule has 0 amide bonds. The van der Waals surface area contributed by atoms with Crippen LogP contribution >= 0.6 is 0 Å². The molecule has 3 nitrogen and oxygen atoms in total. The summed E-state index contributed by atoms with van der Waals surface area (Å²) in [6.07, 6.45) is 1.44. The van der Waals surface area contributed by atoms with Crippen molar-refractivity contribution in [2.75, 3.05) is 27.2 Å². The van der Waals surface area contributed by atoms with Gasteiger partial charge in [0.05, 0.1) is 12.7 Å². The predicted molar refractivity (Wildman–Crippen MR) is 79.5 cm³/mol. The van der Waals surface area contributed by atoms with Crippen LogP contribution in [0.2, 0.25) is 0 Å². The lowest BCUT2D eigenvalue weighted by molar-refractivity contribution is 0.0531. The second kappa shape index (κ2) is 6.51. The molecular weight excluding hydrogens is 236 g/mol. The molecule has 0 saturated heterocycles. The van der Waals surface area contributed by atoms with E-state index in [4.69, 9.17) is 4.74 Å². The van der Waals surface area contributed by atoms with Crippen LogP contribution in [0.1, 0.15) is 31.0 Å². The molecule has 1 aliphatic rings. The van der Waals surface area contributed by atoms with E-state index >= 15 is 0 Å². The summed E-state index contributed by atoms with van der Waals surface area (Å²) in [4.78, 5) is 2.42. The minimum atomic E-state index is 0.314. The standard InChI is InChI=1S/C16H26N2O/c1-12(2)19-10-9-18(4)15-11-13-7-5-6-8-14(13)16(15)17-3/h5-8,12,15-17H,9-11H2,1-4H3. The number of nitrogens with zero attached hydrogens (tertiary/aromatic N) is 1. The van der Waals surface area contributed by atoms with E-state index in [2.05, 4.69) is 62.4 Å². The van der Waals surface area contributed by atoms with Crippen LogP contribution in [0.3, 0.4) is 0 Å². The van der Waals surface area contributed by atoms with Crippen molar-refractivity contribution in [2.24, 2.45) is 0 Å². The Hall–Kier alpha value is -0.900. The van der Waals surface area contributed by atoms with E-state index in [1.807, 2.05) is 0 Å². The highest BCUT2D eigenvalue weighted by atomic mass is 16.5. The summed E-state index contributed by atoms with van der Waals surface area (Å²) >= 11 is 0. The maximum absolute atomic E-state index is 5.66. The molecule has 0 bridgehead atoms. The first-order chi connectivity index (χ1) is 9.13. The first-order valence-electron chi connectivity index (χ1n) is 7.20. The van der Waals surface area contributed by atoms with Crippen LogP contribution in [0, 0.1) is 0 Å². The van der Waals surface area contributed by atoms with Gasteiger partial charge in [-0.05, 0) is 45.5 Å². The lowest BCUT2D eigenvalue weighted by Crippen LogP contribution is -2.41. The number of benzene rings is 1. The summed E-state index contributed by atoms with van der Waals surface area (Å²) < 4.78 is 5.66. The summed E-state index contributed by atoms with van der Waals surface area (Å²) in [7, 11) is 4.25. The smallest absolute Gasteiger partial charge is 0.0596 e. The predicted octanol–water partition coefficient (Wildman–Crippen LogP) is 2.23. The largest absolute Gasteiger partial charge is 0.377 e. The fourth-order valence-electron chi connectivity index (χ4n) is 2.93. The third kappa shape index (κ3) is 3.35. The fourth-order valence-corrected chi connectivity index (χ4v) is 2.93. The highest BCUT2D eigenvalue weighted by Gasteiger charge is 2.33. The lowest BCUT2D eigenvalue weighted by atomic mass is 10.1. The number of rotatable bonds is 6. The van der Waals surface area contributed by atoms with Gasteiger partial charge in [-0.1, -0.05) is 24.3 Å². The molecule has 1 aromatic carbocycles. The van der Waals surface area contributed by atoms with Gasteiger partial charge >= 0.3 is 0 Å². The van der Waals surface area contributed by atoms with E-state index in [1.165, 1.54) is 11.1 Å². The van der Waals surface area contributed by atoms with Crippen molar-refractivity contribution in [3.63, 3.8) is 0 Å². The second-order valence-electron chi connectivity index (χ2n) is 5.64. The van der Waals surface area contributed by atoms with E-state index in [0.717, 1.165) is 19.6 Å². The SMILES string of the molecule is CNC1c2ccccc2CC1N(C)CCOC(C)C. The molecule has 0 aromatic heterocycles. The van der Waals surface area contributed by atoms with Gasteiger partial charge in [0.2, 0.25) is 0 Å². The lowest BCUT2D eigenvalue weighted by Gasteiger charge is -2.30. The Labute approximate surface area is 116 Å². The highest BCUT2D eigenvalue weighted by molar-refractivity contribution is 5.37. The van der Waals surface area contributed by atoms with Crippen LogP contribution in [-0.2, 0) is 11.2 Å². The van der Waals surface area contributed by atoms with E-state index in [-0.39, 0.29) is 0 Å². The maximum atomic E-state index is 5.66. The van der Waals surface area contributed by atoms with Gasteiger partial charge in [-0.25, -0.2) is 0 Å². The Morgan fingerprint density at radius 2 is 2.11 bits per heavy atom. The molecule has 19 heavy (non-hydrogen) atoms. The van der Waals surface area contributed by atoms with Gasteiger partial charge < -0.3 is 10.1 Å². The number of likely N-dealkylation sites (N-methyl/N-ethyl adjacent to an activating group) is 2. The van der Waals surface area contributed by atoms with E-state index in [9.17, 15) is 0 Å². The third-order valence-corrected chi connectivity index (χ3v) is 3.98. The van der Waals surface area contributed by atoms with E-state index < -0.39 is 0 Å². The van der Waals surface area contributed by atoms with E-state index in [0.29, 0.717) is 18.2 Å². The van der Waals surface area contributed by atoms with Crippen molar-refractivity contribution >= 4 is 0 Å². The van der Waals surface area contributed by atoms with Crippen molar-refractivity contribution in [1.82, 2.24) is 10.2 Å².